The summed E-state index contributed by atoms with van der Waals surface area (Å²) in [4.78, 5) is 16.2. The first-order chi connectivity index (χ1) is 13.7. The summed E-state index contributed by atoms with van der Waals surface area (Å²) < 4.78 is 53.1. The van der Waals surface area contributed by atoms with Crippen LogP contribution in [0.3, 0.4) is 0 Å². The number of carbonyl (C=O) groups excluding carboxylic acids is 1. The van der Waals surface area contributed by atoms with Crippen molar-refractivity contribution < 1.29 is 22.0 Å². The number of amides is 2. The molecule has 0 bridgehead atoms. The van der Waals surface area contributed by atoms with Crippen molar-refractivity contribution in [2.24, 2.45) is 0 Å². The van der Waals surface area contributed by atoms with E-state index in [1.165, 1.54) is 28.3 Å². The van der Waals surface area contributed by atoms with Crippen molar-refractivity contribution in [1.82, 2.24) is 14.1 Å². The first kappa shape index (κ1) is 21.9. The molecular weight excluding hydrogens is 402 g/mol. The van der Waals surface area contributed by atoms with Gasteiger partial charge < -0.3 is 15.1 Å². The van der Waals surface area contributed by atoms with Gasteiger partial charge in [-0.15, -0.1) is 0 Å². The highest BCUT2D eigenvalue weighted by Gasteiger charge is 2.34. The van der Waals surface area contributed by atoms with Gasteiger partial charge >= 0.3 is 6.03 Å². The van der Waals surface area contributed by atoms with E-state index in [1.54, 1.807) is 0 Å². The molecule has 1 aromatic rings. The fourth-order valence-corrected chi connectivity index (χ4v) is 5.20. The number of carbonyl (C=O) groups is 1. The summed E-state index contributed by atoms with van der Waals surface area (Å²) in [5, 5.41) is 2.37. The minimum Gasteiger partial charge on any atom is -0.323 e. The highest BCUT2D eigenvalue weighted by atomic mass is 32.2. The van der Waals surface area contributed by atoms with Gasteiger partial charge in [0.2, 0.25) is 10.0 Å². The Morgan fingerprint density at radius 1 is 1.24 bits per heavy atom. The number of nitrogens with one attached hydrogen (secondary N) is 1. The van der Waals surface area contributed by atoms with Gasteiger partial charge in [-0.25, -0.2) is 22.0 Å². The van der Waals surface area contributed by atoms with Crippen molar-refractivity contribution in [2.45, 2.75) is 31.7 Å². The SMILES string of the molecule is CS(=O)(=O)N(CCCN1CCCC1)C1CCN(C(=O)Nc2cc(F)ccc2F)C1. The standard InChI is InChI=1S/C19H28F2N4O3S/c1-29(27,28)25(11-4-10-23-8-2-3-9-23)16-7-12-24(14-16)19(26)22-18-13-15(20)5-6-17(18)21/h5-6,13,16H,2-4,7-12,14H2,1H3,(H,22,26). The van der Waals surface area contributed by atoms with Gasteiger partial charge in [0.1, 0.15) is 11.6 Å². The van der Waals surface area contributed by atoms with Crippen LogP contribution >= 0.6 is 0 Å². The molecule has 29 heavy (non-hydrogen) atoms. The van der Waals surface area contributed by atoms with E-state index in [0.29, 0.717) is 19.5 Å². The highest BCUT2D eigenvalue weighted by Crippen LogP contribution is 2.21. The van der Waals surface area contributed by atoms with E-state index in [1.807, 2.05) is 0 Å². The highest BCUT2D eigenvalue weighted by molar-refractivity contribution is 7.88. The fraction of sp³-hybridized carbons (Fsp3) is 0.632. The lowest BCUT2D eigenvalue weighted by Gasteiger charge is -2.27. The zero-order valence-corrected chi connectivity index (χ0v) is 17.4. The lowest BCUT2D eigenvalue weighted by molar-refractivity contribution is 0.217. The third-order valence-electron chi connectivity index (χ3n) is 5.51. The molecular formula is C19H28F2N4O3S. The molecule has 7 nitrogen and oxygen atoms in total. The van der Waals surface area contributed by atoms with Crippen LogP contribution in [0.1, 0.15) is 25.7 Å². The maximum atomic E-state index is 13.8. The summed E-state index contributed by atoms with van der Waals surface area (Å²) in [5.41, 5.74) is -0.232. The largest absolute Gasteiger partial charge is 0.323 e. The van der Waals surface area contributed by atoms with Gasteiger partial charge in [-0.05, 0) is 57.5 Å². The van der Waals surface area contributed by atoms with Crippen LogP contribution in [0.15, 0.2) is 18.2 Å². The molecule has 0 aliphatic carbocycles. The molecule has 10 heteroatoms. The second-order valence-corrected chi connectivity index (χ2v) is 9.65. The molecule has 2 amide bonds. The normalized spacial score (nSPS) is 20.6. The van der Waals surface area contributed by atoms with E-state index in [0.717, 1.165) is 44.3 Å². The lowest BCUT2D eigenvalue weighted by atomic mass is 10.2. The molecule has 0 spiro atoms. The smallest absolute Gasteiger partial charge is 0.321 e. The number of benzene rings is 1. The number of likely N-dealkylation sites (tertiary alicyclic amines) is 2. The monoisotopic (exact) mass is 430 g/mol. The van der Waals surface area contributed by atoms with Crippen LogP contribution in [-0.2, 0) is 10.0 Å². The second-order valence-electron chi connectivity index (χ2n) is 7.72. The third kappa shape index (κ3) is 5.86. The number of sulfonamides is 1. The van der Waals surface area contributed by atoms with Gasteiger partial charge in [0.05, 0.1) is 11.9 Å². The van der Waals surface area contributed by atoms with Gasteiger partial charge in [0, 0.05) is 31.7 Å². The van der Waals surface area contributed by atoms with Gasteiger partial charge in [-0.3, -0.25) is 0 Å². The number of nitrogens with zero attached hydrogens (tertiary/aromatic N) is 3. The number of hydrogen-bond donors (Lipinski definition) is 1. The zero-order chi connectivity index (χ0) is 21.0. The average molecular weight is 431 g/mol. The summed E-state index contributed by atoms with van der Waals surface area (Å²) in [6.45, 7) is 3.97. The van der Waals surface area contributed by atoms with Crippen molar-refractivity contribution in [3.63, 3.8) is 0 Å². The van der Waals surface area contributed by atoms with E-state index in [2.05, 4.69) is 10.2 Å². The third-order valence-corrected chi connectivity index (χ3v) is 6.84. The van der Waals surface area contributed by atoms with Crippen LogP contribution in [0.5, 0.6) is 0 Å². The van der Waals surface area contributed by atoms with Crippen LogP contribution in [0.2, 0.25) is 0 Å². The molecule has 2 aliphatic heterocycles. The molecule has 2 aliphatic rings. The molecule has 1 aromatic carbocycles. The molecule has 0 radical (unpaired) electrons. The van der Waals surface area contributed by atoms with Crippen molar-refractivity contribution in [3.05, 3.63) is 29.8 Å². The van der Waals surface area contributed by atoms with Crippen molar-refractivity contribution >= 4 is 21.7 Å². The Balaban J connectivity index is 1.57. The molecule has 0 saturated carbocycles. The van der Waals surface area contributed by atoms with E-state index in [4.69, 9.17) is 0 Å². The number of urea groups is 1. The van der Waals surface area contributed by atoms with E-state index < -0.39 is 27.7 Å². The minimum absolute atomic E-state index is 0.222. The maximum Gasteiger partial charge on any atom is 0.321 e. The van der Waals surface area contributed by atoms with Crippen molar-refractivity contribution in [3.8, 4) is 0 Å². The Morgan fingerprint density at radius 3 is 2.66 bits per heavy atom. The van der Waals surface area contributed by atoms with Crippen LogP contribution in [-0.4, -0.2) is 80.1 Å². The fourth-order valence-electron chi connectivity index (χ4n) is 4.02. The Morgan fingerprint density at radius 2 is 1.97 bits per heavy atom. The van der Waals surface area contributed by atoms with Gasteiger partial charge in [-0.2, -0.15) is 4.31 Å². The van der Waals surface area contributed by atoms with Crippen LogP contribution in [0.4, 0.5) is 19.3 Å². The molecule has 3 rings (SSSR count). The lowest BCUT2D eigenvalue weighted by Crippen LogP contribution is -2.44. The van der Waals surface area contributed by atoms with E-state index >= 15 is 0 Å². The van der Waals surface area contributed by atoms with Crippen molar-refractivity contribution in [2.75, 3.05) is 50.8 Å². The Hall–Kier alpha value is -1.78. The summed E-state index contributed by atoms with van der Waals surface area (Å²) in [6.07, 6.45) is 4.82. The molecule has 162 valence electrons. The number of halogens is 2. The van der Waals surface area contributed by atoms with Crippen LogP contribution < -0.4 is 5.32 Å². The van der Waals surface area contributed by atoms with Gasteiger partial charge in [0.25, 0.3) is 0 Å². The number of hydrogen-bond acceptors (Lipinski definition) is 4. The summed E-state index contributed by atoms with van der Waals surface area (Å²) >= 11 is 0. The van der Waals surface area contributed by atoms with Gasteiger partial charge in [0.15, 0.2) is 0 Å². The number of anilines is 1. The summed E-state index contributed by atoms with van der Waals surface area (Å²) in [7, 11) is -3.42. The first-order valence-corrected chi connectivity index (χ1v) is 11.8. The molecule has 1 atom stereocenters. The Bertz CT molecular complexity index is 831. The maximum absolute atomic E-state index is 13.8. The topological polar surface area (TPSA) is 73.0 Å². The van der Waals surface area contributed by atoms with Gasteiger partial charge in [-0.1, -0.05) is 0 Å². The Kier molecular flexibility index (Phi) is 7.07. The molecule has 2 heterocycles. The molecule has 2 fully saturated rings. The quantitative estimate of drug-likeness (QED) is 0.721. The summed E-state index contributed by atoms with van der Waals surface area (Å²) in [5.74, 6) is -1.38. The van der Waals surface area contributed by atoms with E-state index in [9.17, 15) is 22.0 Å². The van der Waals surface area contributed by atoms with Crippen LogP contribution in [0.25, 0.3) is 0 Å². The number of rotatable bonds is 7. The zero-order valence-electron chi connectivity index (χ0n) is 16.6. The molecule has 1 N–H and O–H groups in total. The van der Waals surface area contributed by atoms with E-state index in [-0.39, 0.29) is 18.3 Å². The Labute approximate surface area is 170 Å². The molecule has 1 unspecified atom stereocenters. The predicted molar refractivity (Wildman–Crippen MR) is 107 cm³/mol. The average Bonchev–Trinajstić information content (AvgIpc) is 3.32. The first-order valence-electron chi connectivity index (χ1n) is 9.94. The predicted octanol–water partition coefficient (Wildman–Crippen LogP) is 2.32. The van der Waals surface area contributed by atoms with Crippen LogP contribution in [0, 0.1) is 11.6 Å². The molecule has 2 saturated heterocycles. The second kappa shape index (κ2) is 9.36. The molecule has 0 aromatic heterocycles. The van der Waals surface area contributed by atoms with Crippen molar-refractivity contribution in [1.29, 1.82) is 0 Å². The summed E-state index contributed by atoms with van der Waals surface area (Å²) in [6, 6.07) is 1.96. The minimum atomic E-state index is -3.42.